The van der Waals surface area contributed by atoms with E-state index in [1.807, 2.05) is 28.9 Å². The first-order valence-electron chi connectivity index (χ1n) is 11.8. The first kappa shape index (κ1) is 21.7. The van der Waals surface area contributed by atoms with E-state index in [4.69, 9.17) is 5.10 Å². The summed E-state index contributed by atoms with van der Waals surface area (Å²) in [6, 6.07) is 5.89. The minimum atomic E-state index is -2.68. The predicted molar refractivity (Wildman–Crippen MR) is 130 cm³/mol. The largest absolute Gasteiger partial charge is 0.368 e. The van der Waals surface area contributed by atoms with Gasteiger partial charge in [0.25, 0.3) is 0 Å². The van der Waals surface area contributed by atoms with Gasteiger partial charge in [0.1, 0.15) is 5.82 Å². The Morgan fingerprint density at radius 2 is 1.94 bits per heavy atom. The van der Waals surface area contributed by atoms with E-state index in [-0.39, 0.29) is 0 Å². The van der Waals surface area contributed by atoms with Crippen LogP contribution in [0.2, 0.25) is 0 Å². The van der Waals surface area contributed by atoms with Crippen molar-refractivity contribution in [3.8, 4) is 11.1 Å². The van der Waals surface area contributed by atoms with E-state index < -0.39 is 6.55 Å². The lowest BCUT2D eigenvalue weighted by molar-refractivity contribution is 0.0566. The number of halogens is 2. The topological polar surface area (TPSA) is 88.2 Å². The van der Waals surface area contributed by atoms with E-state index in [2.05, 4.69) is 36.7 Å². The summed E-state index contributed by atoms with van der Waals surface area (Å²) in [6.07, 6.45) is 11.6. The molecule has 2 N–H and O–H groups in total. The molecule has 0 unspecified atom stereocenters. The molecule has 0 atom stereocenters. The number of alkyl halides is 2. The summed E-state index contributed by atoms with van der Waals surface area (Å²) in [5.41, 5.74) is 5.34. The molecule has 1 fully saturated rings. The minimum absolute atomic E-state index is 0.408. The van der Waals surface area contributed by atoms with Crippen LogP contribution in [0.3, 0.4) is 0 Å². The Morgan fingerprint density at radius 3 is 2.66 bits per heavy atom. The second-order valence-electron chi connectivity index (χ2n) is 8.70. The molecule has 0 aromatic carbocycles. The fourth-order valence-corrected chi connectivity index (χ4v) is 4.71. The lowest BCUT2D eigenvalue weighted by Gasteiger charge is -2.29. The van der Waals surface area contributed by atoms with E-state index >= 15 is 0 Å². The Balaban J connectivity index is 1.33. The van der Waals surface area contributed by atoms with E-state index in [0.717, 1.165) is 73.5 Å². The van der Waals surface area contributed by atoms with Crippen LogP contribution in [0.1, 0.15) is 31.5 Å². The van der Waals surface area contributed by atoms with Crippen LogP contribution in [0.25, 0.3) is 22.2 Å². The van der Waals surface area contributed by atoms with E-state index in [1.165, 1.54) is 12.4 Å². The lowest BCUT2D eigenvalue weighted by Crippen LogP contribution is -2.43. The number of hydrogen-bond donors (Lipinski definition) is 2. The predicted octanol–water partition coefficient (Wildman–Crippen LogP) is 4.10. The average Bonchev–Trinajstić information content (AvgIpc) is 3.64. The van der Waals surface area contributed by atoms with Crippen LogP contribution in [0.4, 0.5) is 26.2 Å². The average molecular weight is 478 g/mol. The van der Waals surface area contributed by atoms with Crippen molar-refractivity contribution < 1.29 is 8.78 Å². The smallest absolute Gasteiger partial charge is 0.333 e. The van der Waals surface area contributed by atoms with Crippen molar-refractivity contribution >= 4 is 28.5 Å². The van der Waals surface area contributed by atoms with Gasteiger partial charge < -0.3 is 15.5 Å². The second kappa shape index (κ2) is 9.06. The number of rotatable bonds is 6. The van der Waals surface area contributed by atoms with Crippen molar-refractivity contribution in [3.05, 3.63) is 54.8 Å². The van der Waals surface area contributed by atoms with Gasteiger partial charge in [-0.05, 0) is 43.0 Å². The highest BCUT2D eigenvalue weighted by Crippen LogP contribution is 2.37. The number of nitrogens with one attached hydrogen (secondary N) is 2. The maximum absolute atomic E-state index is 13.1. The number of allylic oxidation sites excluding steroid dienone is 2. The molecular formula is C24H25F2N9. The second-order valence-corrected chi connectivity index (χ2v) is 8.70. The summed E-state index contributed by atoms with van der Waals surface area (Å²) in [5.74, 6) is 1.06. The summed E-state index contributed by atoms with van der Waals surface area (Å²) in [7, 11) is 0. The molecule has 6 rings (SSSR count). The SMILES string of the molecule is FC(F)n1cc(-c2cc3cnc(Nc4ccc(N5CCNCC5)cn4)nn3c2C2=CCCC2)cn1. The van der Waals surface area contributed by atoms with Crippen LogP contribution >= 0.6 is 0 Å². The monoisotopic (exact) mass is 477 g/mol. The Morgan fingerprint density at radius 1 is 1.06 bits per heavy atom. The summed E-state index contributed by atoms with van der Waals surface area (Å²) in [4.78, 5) is 11.3. The van der Waals surface area contributed by atoms with E-state index in [0.29, 0.717) is 22.0 Å². The number of aromatic nitrogens is 6. The number of hydrogen-bond acceptors (Lipinski definition) is 7. The molecule has 1 saturated heterocycles. The molecule has 4 aromatic rings. The quantitative estimate of drug-likeness (QED) is 0.432. The first-order valence-corrected chi connectivity index (χ1v) is 11.8. The summed E-state index contributed by atoms with van der Waals surface area (Å²) in [6.45, 7) is 1.16. The highest BCUT2D eigenvalue weighted by atomic mass is 19.3. The van der Waals surface area contributed by atoms with Gasteiger partial charge in [-0.1, -0.05) is 6.08 Å². The maximum atomic E-state index is 13.1. The summed E-state index contributed by atoms with van der Waals surface area (Å²) >= 11 is 0. The van der Waals surface area contributed by atoms with Crippen molar-refractivity contribution in [1.82, 2.24) is 34.7 Å². The van der Waals surface area contributed by atoms with Gasteiger partial charge in [0, 0.05) is 43.5 Å². The van der Waals surface area contributed by atoms with E-state index in [1.54, 1.807) is 6.20 Å². The Bertz CT molecular complexity index is 1370. The van der Waals surface area contributed by atoms with Gasteiger partial charge in [0.15, 0.2) is 0 Å². The van der Waals surface area contributed by atoms with Crippen molar-refractivity contribution in [3.63, 3.8) is 0 Å². The van der Waals surface area contributed by atoms with Gasteiger partial charge in [0.05, 0.1) is 35.5 Å². The number of anilines is 3. The highest BCUT2D eigenvalue weighted by Gasteiger charge is 2.21. The van der Waals surface area contributed by atoms with Crippen molar-refractivity contribution in [2.75, 3.05) is 36.4 Å². The maximum Gasteiger partial charge on any atom is 0.333 e. The van der Waals surface area contributed by atoms with Crippen molar-refractivity contribution in [2.24, 2.45) is 0 Å². The zero-order chi connectivity index (χ0) is 23.8. The van der Waals surface area contributed by atoms with Crippen LogP contribution in [-0.4, -0.2) is 55.5 Å². The fraction of sp³-hybridized carbons (Fsp3) is 0.333. The molecule has 35 heavy (non-hydrogen) atoms. The number of piperazine rings is 1. The van der Waals surface area contributed by atoms with Gasteiger partial charge in [-0.25, -0.2) is 19.2 Å². The summed E-state index contributed by atoms with van der Waals surface area (Å²) < 4.78 is 28.8. The van der Waals surface area contributed by atoms with Crippen molar-refractivity contribution in [2.45, 2.75) is 25.8 Å². The van der Waals surface area contributed by atoms with Crippen molar-refractivity contribution in [1.29, 1.82) is 0 Å². The lowest BCUT2D eigenvalue weighted by atomic mass is 10.0. The number of nitrogens with zero attached hydrogens (tertiary/aromatic N) is 7. The van der Waals surface area contributed by atoms with Crippen LogP contribution < -0.4 is 15.5 Å². The zero-order valence-electron chi connectivity index (χ0n) is 19.0. The summed E-state index contributed by atoms with van der Waals surface area (Å²) in [5, 5.41) is 15.1. The third-order valence-corrected chi connectivity index (χ3v) is 6.45. The normalized spacial score (nSPS) is 16.3. The molecule has 0 amide bonds. The van der Waals surface area contributed by atoms with Gasteiger partial charge in [-0.15, -0.1) is 5.10 Å². The third-order valence-electron chi connectivity index (χ3n) is 6.45. The molecule has 1 aliphatic carbocycles. The Hall–Kier alpha value is -3.86. The molecule has 11 heteroatoms. The molecule has 2 aliphatic rings. The minimum Gasteiger partial charge on any atom is -0.368 e. The molecule has 4 aromatic heterocycles. The molecule has 5 heterocycles. The van der Waals surface area contributed by atoms with Crippen LogP contribution in [0.5, 0.6) is 0 Å². The van der Waals surface area contributed by atoms with Gasteiger partial charge in [0.2, 0.25) is 5.95 Å². The van der Waals surface area contributed by atoms with Gasteiger partial charge in [-0.2, -0.15) is 13.9 Å². The molecule has 1 aliphatic heterocycles. The standard InChI is InChI=1S/C24H25F2N9/c25-23(26)34-15-17(12-30-34)20-11-19-14-29-24(32-35(19)22(20)16-3-1-2-4-16)31-21-6-5-18(13-28-21)33-9-7-27-8-10-33/h3,5-6,11-15,23,27H,1-2,4,7-10H2,(H,28,31,32). The van der Waals surface area contributed by atoms with Crippen LogP contribution in [0.15, 0.2) is 49.1 Å². The van der Waals surface area contributed by atoms with E-state index in [9.17, 15) is 8.78 Å². The van der Waals surface area contributed by atoms with Crippen LogP contribution in [0, 0.1) is 0 Å². The molecule has 0 spiro atoms. The fourth-order valence-electron chi connectivity index (χ4n) is 4.71. The zero-order valence-corrected chi connectivity index (χ0v) is 19.0. The molecule has 0 bridgehead atoms. The molecular weight excluding hydrogens is 452 g/mol. The number of pyridine rings is 1. The molecule has 0 saturated carbocycles. The highest BCUT2D eigenvalue weighted by molar-refractivity contribution is 5.84. The molecule has 9 nitrogen and oxygen atoms in total. The Kier molecular flexibility index (Phi) is 5.61. The Labute approximate surface area is 200 Å². The first-order chi connectivity index (χ1) is 17.2. The third kappa shape index (κ3) is 4.23. The molecule has 0 radical (unpaired) electrons. The number of fused-ring (bicyclic) bond motifs is 1. The molecule has 180 valence electrons. The van der Waals surface area contributed by atoms with Gasteiger partial charge >= 0.3 is 6.55 Å². The van der Waals surface area contributed by atoms with Crippen LogP contribution in [-0.2, 0) is 0 Å². The van der Waals surface area contributed by atoms with Gasteiger partial charge in [-0.3, -0.25) is 0 Å².